The average Bonchev–Trinajstić information content (AvgIpc) is 2.60. The number of aliphatic hydroxyl groups is 1. The van der Waals surface area contributed by atoms with Gasteiger partial charge >= 0.3 is 0 Å². The molecule has 23 heavy (non-hydrogen) atoms. The van der Waals surface area contributed by atoms with Gasteiger partial charge in [-0.2, -0.15) is 0 Å². The second kappa shape index (κ2) is 8.10. The first-order valence-corrected chi connectivity index (χ1v) is 7.45. The summed E-state index contributed by atoms with van der Waals surface area (Å²) in [7, 11) is 0. The van der Waals surface area contributed by atoms with E-state index in [9.17, 15) is 9.59 Å². The highest BCUT2D eigenvalue weighted by atomic mass is 16.3. The van der Waals surface area contributed by atoms with Crippen LogP contribution < -0.4 is 10.6 Å². The molecule has 0 aliphatic rings. The smallest absolute Gasteiger partial charge is 0.255 e. The molecule has 3 N–H and O–H groups in total. The van der Waals surface area contributed by atoms with Gasteiger partial charge in [-0.15, -0.1) is 0 Å². The van der Waals surface area contributed by atoms with Gasteiger partial charge < -0.3 is 15.7 Å². The van der Waals surface area contributed by atoms with Crippen LogP contribution >= 0.6 is 0 Å². The van der Waals surface area contributed by atoms with Gasteiger partial charge in [0.25, 0.3) is 11.8 Å². The van der Waals surface area contributed by atoms with Crippen molar-refractivity contribution in [3.63, 3.8) is 0 Å². The molecule has 2 rings (SSSR count). The zero-order valence-electron chi connectivity index (χ0n) is 13.0. The summed E-state index contributed by atoms with van der Waals surface area (Å²) in [5.41, 5.74) is 1.68. The Hall–Kier alpha value is -2.66. The second-order valence-corrected chi connectivity index (χ2v) is 5.40. The number of para-hydroxylation sites is 1. The normalized spacial score (nSPS) is 11.6. The average molecular weight is 312 g/mol. The number of carbonyl (C=O) groups excluding carboxylic acids is 2. The molecule has 2 amide bonds. The summed E-state index contributed by atoms with van der Waals surface area (Å²) in [5, 5.41) is 14.5. The molecule has 2 aromatic rings. The highest BCUT2D eigenvalue weighted by molar-refractivity contribution is 6.05. The van der Waals surface area contributed by atoms with Crippen molar-refractivity contribution in [2.75, 3.05) is 18.5 Å². The predicted molar refractivity (Wildman–Crippen MR) is 89.4 cm³/mol. The standard InChI is InChI=1S/C18H20N2O3/c1-13(12-21)11-19-17(22)14-7-9-15(10-8-14)18(23)20-16-5-3-2-4-6-16/h2-10,13,21H,11-12H2,1H3,(H,19,22)(H,20,23). The fraction of sp³-hybridized carbons (Fsp3) is 0.222. The Kier molecular flexibility index (Phi) is 5.88. The highest BCUT2D eigenvalue weighted by Crippen LogP contribution is 2.10. The van der Waals surface area contributed by atoms with Crippen molar-refractivity contribution in [1.82, 2.24) is 5.32 Å². The molecule has 0 fully saturated rings. The zero-order chi connectivity index (χ0) is 16.7. The maximum atomic E-state index is 12.1. The van der Waals surface area contributed by atoms with Gasteiger partial charge in [0.05, 0.1) is 0 Å². The van der Waals surface area contributed by atoms with Crippen molar-refractivity contribution in [2.24, 2.45) is 5.92 Å². The Balaban J connectivity index is 1.96. The third kappa shape index (κ3) is 4.93. The molecule has 0 heterocycles. The summed E-state index contributed by atoms with van der Waals surface area (Å²) in [6, 6.07) is 15.6. The van der Waals surface area contributed by atoms with Crippen molar-refractivity contribution in [2.45, 2.75) is 6.92 Å². The Morgan fingerprint density at radius 1 is 0.957 bits per heavy atom. The van der Waals surface area contributed by atoms with Crippen LogP contribution in [0.25, 0.3) is 0 Å². The number of aliphatic hydroxyl groups excluding tert-OH is 1. The molecule has 120 valence electrons. The molecule has 0 aromatic heterocycles. The number of hydrogen-bond donors (Lipinski definition) is 3. The van der Waals surface area contributed by atoms with Crippen molar-refractivity contribution >= 4 is 17.5 Å². The largest absolute Gasteiger partial charge is 0.396 e. The summed E-state index contributed by atoms with van der Waals surface area (Å²) in [6.07, 6.45) is 0. The van der Waals surface area contributed by atoms with Crippen LogP contribution in [0.1, 0.15) is 27.6 Å². The number of rotatable bonds is 6. The molecule has 1 atom stereocenters. The lowest BCUT2D eigenvalue weighted by molar-refractivity contribution is 0.0940. The molecule has 1 unspecified atom stereocenters. The number of amides is 2. The van der Waals surface area contributed by atoms with Gasteiger partial charge in [0.1, 0.15) is 0 Å². The van der Waals surface area contributed by atoms with Crippen LogP contribution in [-0.4, -0.2) is 30.1 Å². The first-order valence-electron chi connectivity index (χ1n) is 7.45. The van der Waals surface area contributed by atoms with E-state index in [1.54, 1.807) is 24.3 Å². The van der Waals surface area contributed by atoms with Crippen LogP contribution in [-0.2, 0) is 0 Å². The van der Waals surface area contributed by atoms with Gasteiger partial charge in [0, 0.05) is 30.0 Å². The summed E-state index contributed by atoms with van der Waals surface area (Å²) in [5.74, 6) is -0.438. The van der Waals surface area contributed by atoms with Gasteiger partial charge in [-0.25, -0.2) is 0 Å². The summed E-state index contributed by atoms with van der Waals surface area (Å²) in [6.45, 7) is 2.28. The number of anilines is 1. The number of benzene rings is 2. The lowest BCUT2D eigenvalue weighted by Gasteiger charge is -2.10. The van der Waals surface area contributed by atoms with E-state index in [0.717, 1.165) is 5.69 Å². The molecule has 0 saturated heterocycles. The van der Waals surface area contributed by atoms with E-state index in [4.69, 9.17) is 5.11 Å². The van der Waals surface area contributed by atoms with Crippen LogP contribution in [0.4, 0.5) is 5.69 Å². The minimum absolute atomic E-state index is 0.00914. The first kappa shape index (κ1) is 16.7. The molecule has 0 aliphatic carbocycles. The van der Waals surface area contributed by atoms with E-state index in [0.29, 0.717) is 17.7 Å². The summed E-state index contributed by atoms with van der Waals surface area (Å²) < 4.78 is 0. The SMILES string of the molecule is CC(CO)CNC(=O)c1ccc(C(=O)Nc2ccccc2)cc1. The lowest BCUT2D eigenvalue weighted by Crippen LogP contribution is -2.29. The molecule has 0 spiro atoms. The Bertz CT molecular complexity index is 654. The third-order valence-corrected chi connectivity index (χ3v) is 3.36. The minimum Gasteiger partial charge on any atom is -0.396 e. The molecular weight excluding hydrogens is 292 g/mol. The first-order chi connectivity index (χ1) is 11.1. The predicted octanol–water partition coefficient (Wildman–Crippen LogP) is 2.30. The Morgan fingerprint density at radius 3 is 2.09 bits per heavy atom. The third-order valence-electron chi connectivity index (χ3n) is 3.36. The van der Waals surface area contributed by atoms with Crippen molar-refractivity contribution in [3.05, 3.63) is 65.7 Å². The van der Waals surface area contributed by atoms with Gasteiger partial charge in [-0.05, 0) is 42.3 Å². The van der Waals surface area contributed by atoms with E-state index in [1.807, 2.05) is 37.3 Å². The van der Waals surface area contributed by atoms with E-state index < -0.39 is 0 Å². The second-order valence-electron chi connectivity index (χ2n) is 5.40. The Labute approximate surface area is 135 Å². The van der Waals surface area contributed by atoms with Crippen LogP contribution in [0.5, 0.6) is 0 Å². The summed E-state index contributed by atoms with van der Waals surface area (Å²) >= 11 is 0. The van der Waals surface area contributed by atoms with Crippen LogP contribution in [0.15, 0.2) is 54.6 Å². The molecule has 0 aliphatic heterocycles. The topological polar surface area (TPSA) is 78.4 Å². The monoisotopic (exact) mass is 312 g/mol. The molecule has 2 aromatic carbocycles. The van der Waals surface area contributed by atoms with E-state index in [-0.39, 0.29) is 24.3 Å². The van der Waals surface area contributed by atoms with Gasteiger partial charge in [-0.3, -0.25) is 9.59 Å². The quantitative estimate of drug-likeness (QED) is 0.766. The van der Waals surface area contributed by atoms with E-state index in [2.05, 4.69) is 10.6 Å². The van der Waals surface area contributed by atoms with E-state index in [1.165, 1.54) is 0 Å². The van der Waals surface area contributed by atoms with Gasteiger partial charge in [0.2, 0.25) is 0 Å². The fourth-order valence-electron chi connectivity index (χ4n) is 1.93. The van der Waals surface area contributed by atoms with Crippen LogP contribution in [0.3, 0.4) is 0 Å². The summed E-state index contributed by atoms with van der Waals surface area (Å²) in [4.78, 5) is 24.1. The number of carbonyl (C=O) groups is 2. The van der Waals surface area contributed by atoms with E-state index >= 15 is 0 Å². The molecule has 5 heteroatoms. The van der Waals surface area contributed by atoms with Crippen LogP contribution in [0, 0.1) is 5.92 Å². The number of nitrogens with one attached hydrogen (secondary N) is 2. The molecule has 0 saturated carbocycles. The number of hydrogen-bond acceptors (Lipinski definition) is 3. The molecular formula is C18H20N2O3. The minimum atomic E-state index is -0.225. The maximum absolute atomic E-state index is 12.1. The molecule has 0 bridgehead atoms. The molecule has 5 nitrogen and oxygen atoms in total. The highest BCUT2D eigenvalue weighted by Gasteiger charge is 2.10. The van der Waals surface area contributed by atoms with Crippen molar-refractivity contribution in [1.29, 1.82) is 0 Å². The maximum Gasteiger partial charge on any atom is 0.255 e. The molecule has 0 radical (unpaired) electrons. The lowest BCUT2D eigenvalue weighted by atomic mass is 10.1. The van der Waals surface area contributed by atoms with Gasteiger partial charge in [0.15, 0.2) is 0 Å². The van der Waals surface area contributed by atoms with Crippen molar-refractivity contribution < 1.29 is 14.7 Å². The fourth-order valence-corrected chi connectivity index (χ4v) is 1.93. The Morgan fingerprint density at radius 2 is 1.52 bits per heavy atom. The van der Waals surface area contributed by atoms with Gasteiger partial charge in [-0.1, -0.05) is 25.1 Å². The van der Waals surface area contributed by atoms with Crippen molar-refractivity contribution in [3.8, 4) is 0 Å². The van der Waals surface area contributed by atoms with Crippen LogP contribution in [0.2, 0.25) is 0 Å². The zero-order valence-corrected chi connectivity index (χ0v) is 13.0.